The summed E-state index contributed by atoms with van der Waals surface area (Å²) >= 11 is 0. The molecule has 0 aromatic heterocycles. The van der Waals surface area contributed by atoms with E-state index in [2.05, 4.69) is 18.9 Å². The molecule has 0 aromatic carbocycles. The summed E-state index contributed by atoms with van der Waals surface area (Å²) < 4.78 is 0. The fourth-order valence-electron chi connectivity index (χ4n) is 1.91. The molecule has 0 amide bonds. The molecule has 1 rings (SSSR count). The molecule has 0 spiro atoms. The third kappa shape index (κ3) is 2.17. The molecule has 1 N–H and O–H groups in total. The summed E-state index contributed by atoms with van der Waals surface area (Å²) in [6.07, 6.45) is 3.49. The maximum atomic E-state index is 8.67. The lowest BCUT2D eigenvalue weighted by molar-refractivity contribution is 0.247. The highest BCUT2D eigenvalue weighted by Gasteiger charge is 2.26. The van der Waals surface area contributed by atoms with E-state index in [1.807, 2.05) is 0 Å². The van der Waals surface area contributed by atoms with E-state index in [0.717, 1.165) is 18.4 Å². The van der Waals surface area contributed by atoms with Crippen molar-refractivity contribution in [1.29, 1.82) is 0 Å². The summed E-state index contributed by atoms with van der Waals surface area (Å²) in [5.74, 6) is 0.826. The van der Waals surface area contributed by atoms with Crippen molar-refractivity contribution in [3.63, 3.8) is 0 Å². The standard InChI is InChI=1S/C9H19NO/c1-8-9(4-3-7-11)5-6-10(8)2/h8-9,11H,3-7H2,1-2H3. The molecule has 1 fully saturated rings. The van der Waals surface area contributed by atoms with Gasteiger partial charge in [0.25, 0.3) is 0 Å². The average molecular weight is 157 g/mol. The molecule has 2 nitrogen and oxygen atoms in total. The van der Waals surface area contributed by atoms with E-state index in [0.29, 0.717) is 6.61 Å². The van der Waals surface area contributed by atoms with Gasteiger partial charge in [-0.2, -0.15) is 0 Å². The van der Waals surface area contributed by atoms with Gasteiger partial charge in [-0.15, -0.1) is 0 Å². The van der Waals surface area contributed by atoms with Gasteiger partial charge in [0, 0.05) is 12.6 Å². The first-order valence-corrected chi connectivity index (χ1v) is 4.57. The van der Waals surface area contributed by atoms with Crippen LogP contribution < -0.4 is 0 Å². The van der Waals surface area contributed by atoms with Crippen molar-refractivity contribution in [3.05, 3.63) is 0 Å². The quantitative estimate of drug-likeness (QED) is 0.663. The SMILES string of the molecule is CC1C(CCCO)CCN1C. The second-order valence-electron chi connectivity index (χ2n) is 3.64. The maximum absolute atomic E-state index is 8.67. The minimum atomic E-state index is 0.354. The van der Waals surface area contributed by atoms with E-state index in [4.69, 9.17) is 5.11 Å². The van der Waals surface area contributed by atoms with Crippen molar-refractivity contribution in [1.82, 2.24) is 4.90 Å². The Hall–Kier alpha value is -0.0800. The zero-order valence-corrected chi connectivity index (χ0v) is 7.58. The van der Waals surface area contributed by atoms with Crippen LogP contribution in [0.25, 0.3) is 0 Å². The van der Waals surface area contributed by atoms with Gasteiger partial charge >= 0.3 is 0 Å². The lowest BCUT2D eigenvalue weighted by Crippen LogP contribution is -2.25. The molecule has 1 aliphatic rings. The number of aliphatic hydroxyl groups excluding tert-OH is 1. The zero-order chi connectivity index (χ0) is 8.27. The molecule has 0 radical (unpaired) electrons. The number of nitrogens with zero attached hydrogens (tertiary/aromatic N) is 1. The van der Waals surface area contributed by atoms with Crippen LogP contribution in [-0.2, 0) is 0 Å². The summed E-state index contributed by atoms with van der Waals surface area (Å²) in [7, 11) is 2.18. The van der Waals surface area contributed by atoms with E-state index in [1.165, 1.54) is 19.4 Å². The van der Waals surface area contributed by atoms with Crippen molar-refractivity contribution >= 4 is 0 Å². The summed E-state index contributed by atoms with van der Waals surface area (Å²) in [5.41, 5.74) is 0. The van der Waals surface area contributed by atoms with Gasteiger partial charge in [-0.3, -0.25) is 0 Å². The Kier molecular flexibility index (Phi) is 3.34. The van der Waals surface area contributed by atoms with Crippen LogP contribution >= 0.6 is 0 Å². The van der Waals surface area contributed by atoms with Gasteiger partial charge in [-0.1, -0.05) is 0 Å². The van der Waals surface area contributed by atoms with Gasteiger partial charge in [0.15, 0.2) is 0 Å². The van der Waals surface area contributed by atoms with Crippen LogP contribution in [0.4, 0.5) is 0 Å². The summed E-state index contributed by atoms with van der Waals surface area (Å²) in [6, 6.07) is 0.724. The van der Waals surface area contributed by atoms with E-state index < -0.39 is 0 Å². The first-order chi connectivity index (χ1) is 5.25. The predicted octanol–water partition coefficient (Wildman–Crippen LogP) is 1.10. The van der Waals surface area contributed by atoms with Crippen LogP contribution in [0.15, 0.2) is 0 Å². The monoisotopic (exact) mass is 157 g/mol. The first kappa shape index (κ1) is 9.01. The largest absolute Gasteiger partial charge is 0.396 e. The molecule has 0 aliphatic carbocycles. The molecule has 1 heterocycles. The number of likely N-dealkylation sites (tertiary alicyclic amines) is 1. The third-order valence-electron chi connectivity index (χ3n) is 2.96. The molecular formula is C9H19NO. The molecule has 11 heavy (non-hydrogen) atoms. The maximum Gasteiger partial charge on any atom is 0.0431 e. The van der Waals surface area contributed by atoms with Gasteiger partial charge in [-0.25, -0.2) is 0 Å². The van der Waals surface area contributed by atoms with Crippen LogP contribution in [0.5, 0.6) is 0 Å². The molecular weight excluding hydrogens is 138 g/mol. The molecule has 2 heteroatoms. The van der Waals surface area contributed by atoms with Crippen molar-refractivity contribution in [2.75, 3.05) is 20.2 Å². The lowest BCUT2D eigenvalue weighted by Gasteiger charge is -2.19. The number of hydrogen-bond donors (Lipinski definition) is 1. The Morgan fingerprint density at radius 1 is 1.55 bits per heavy atom. The van der Waals surface area contributed by atoms with Gasteiger partial charge in [-0.05, 0) is 45.7 Å². The molecule has 0 aromatic rings. The fraction of sp³-hybridized carbons (Fsp3) is 1.00. The number of aliphatic hydroxyl groups is 1. The van der Waals surface area contributed by atoms with E-state index in [-0.39, 0.29) is 0 Å². The lowest BCUT2D eigenvalue weighted by atomic mass is 9.96. The fourth-order valence-corrected chi connectivity index (χ4v) is 1.91. The average Bonchev–Trinajstić information content (AvgIpc) is 2.31. The third-order valence-corrected chi connectivity index (χ3v) is 2.96. The van der Waals surface area contributed by atoms with Crippen LogP contribution in [0.1, 0.15) is 26.2 Å². The Morgan fingerprint density at radius 3 is 2.73 bits per heavy atom. The summed E-state index contributed by atoms with van der Waals surface area (Å²) in [6.45, 7) is 3.87. The van der Waals surface area contributed by atoms with Crippen molar-refractivity contribution in [3.8, 4) is 0 Å². The van der Waals surface area contributed by atoms with Crippen molar-refractivity contribution in [2.45, 2.75) is 32.2 Å². The van der Waals surface area contributed by atoms with Crippen molar-refractivity contribution in [2.24, 2.45) is 5.92 Å². The smallest absolute Gasteiger partial charge is 0.0431 e. The summed E-state index contributed by atoms with van der Waals surface area (Å²) in [5, 5.41) is 8.67. The molecule has 1 aliphatic heterocycles. The van der Waals surface area contributed by atoms with E-state index >= 15 is 0 Å². The molecule has 2 atom stereocenters. The molecule has 0 saturated carbocycles. The van der Waals surface area contributed by atoms with Gasteiger partial charge in [0.2, 0.25) is 0 Å². The number of hydrogen-bond acceptors (Lipinski definition) is 2. The number of rotatable bonds is 3. The Morgan fingerprint density at radius 2 is 2.27 bits per heavy atom. The Labute approximate surface area is 69.2 Å². The Balaban J connectivity index is 2.24. The highest BCUT2D eigenvalue weighted by Crippen LogP contribution is 2.25. The van der Waals surface area contributed by atoms with Gasteiger partial charge < -0.3 is 10.0 Å². The highest BCUT2D eigenvalue weighted by molar-refractivity contribution is 4.81. The second kappa shape index (κ2) is 4.07. The van der Waals surface area contributed by atoms with E-state index in [9.17, 15) is 0 Å². The highest BCUT2D eigenvalue weighted by atomic mass is 16.2. The molecule has 2 unspecified atom stereocenters. The normalized spacial score (nSPS) is 33.0. The van der Waals surface area contributed by atoms with Crippen molar-refractivity contribution < 1.29 is 5.11 Å². The van der Waals surface area contributed by atoms with Crippen LogP contribution in [-0.4, -0.2) is 36.2 Å². The topological polar surface area (TPSA) is 23.5 Å². The Bertz CT molecular complexity index is 116. The molecule has 66 valence electrons. The molecule has 0 bridgehead atoms. The summed E-state index contributed by atoms with van der Waals surface area (Å²) in [4.78, 5) is 2.40. The van der Waals surface area contributed by atoms with E-state index in [1.54, 1.807) is 0 Å². The van der Waals surface area contributed by atoms with Crippen LogP contribution in [0.2, 0.25) is 0 Å². The minimum Gasteiger partial charge on any atom is -0.396 e. The molecule has 1 saturated heterocycles. The van der Waals surface area contributed by atoms with Crippen LogP contribution in [0.3, 0.4) is 0 Å². The van der Waals surface area contributed by atoms with Gasteiger partial charge in [0.05, 0.1) is 0 Å². The predicted molar refractivity (Wildman–Crippen MR) is 46.5 cm³/mol. The van der Waals surface area contributed by atoms with Gasteiger partial charge in [0.1, 0.15) is 0 Å². The first-order valence-electron chi connectivity index (χ1n) is 4.57. The minimum absolute atomic E-state index is 0.354. The van der Waals surface area contributed by atoms with Crippen LogP contribution in [0, 0.1) is 5.92 Å². The second-order valence-corrected chi connectivity index (χ2v) is 3.64. The zero-order valence-electron chi connectivity index (χ0n) is 7.58.